The lowest BCUT2D eigenvalue weighted by Crippen LogP contribution is -2.38. The van der Waals surface area contributed by atoms with Gasteiger partial charge in [0, 0.05) is 30.2 Å². The van der Waals surface area contributed by atoms with Crippen LogP contribution in [0.15, 0.2) is 22.7 Å². The van der Waals surface area contributed by atoms with Gasteiger partial charge in [-0.2, -0.15) is 0 Å². The van der Waals surface area contributed by atoms with Gasteiger partial charge in [0.1, 0.15) is 5.75 Å². The van der Waals surface area contributed by atoms with Gasteiger partial charge in [0.25, 0.3) is 5.91 Å². The molecule has 5 nitrogen and oxygen atoms in total. The molecule has 0 aromatic heterocycles. The summed E-state index contributed by atoms with van der Waals surface area (Å²) in [5.74, 6) is 0.568. The van der Waals surface area contributed by atoms with Crippen molar-refractivity contribution in [3.63, 3.8) is 0 Å². The van der Waals surface area contributed by atoms with Gasteiger partial charge < -0.3 is 20.1 Å². The smallest absolute Gasteiger partial charge is 0.260 e. The van der Waals surface area contributed by atoms with E-state index in [1.165, 1.54) is 0 Å². The molecule has 1 rings (SSSR count). The fourth-order valence-corrected chi connectivity index (χ4v) is 2.13. The van der Waals surface area contributed by atoms with Gasteiger partial charge in [0.15, 0.2) is 6.10 Å². The normalized spacial score (nSPS) is 12.0. The van der Waals surface area contributed by atoms with Crippen molar-refractivity contribution < 1.29 is 14.3 Å². The van der Waals surface area contributed by atoms with E-state index in [9.17, 15) is 4.79 Å². The van der Waals surface area contributed by atoms with Crippen LogP contribution in [0.4, 0.5) is 0 Å². The molecule has 0 radical (unpaired) electrons. The molecule has 0 saturated heterocycles. The standard InChI is InChI=1S/C15H23BrN2O3/c1-4-17-10-12-9-13(16)5-6-14(12)21-11(2)15(19)18-7-8-20-3/h5-6,9,11,17H,4,7-8,10H2,1-3H3,(H,18,19). The van der Waals surface area contributed by atoms with E-state index in [1.54, 1.807) is 14.0 Å². The predicted molar refractivity (Wildman–Crippen MR) is 86.5 cm³/mol. The zero-order valence-corrected chi connectivity index (χ0v) is 14.3. The van der Waals surface area contributed by atoms with Crippen LogP contribution in [0.25, 0.3) is 0 Å². The van der Waals surface area contributed by atoms with Crippen molar-refractivity contribution in [3.8, 4) is 5.75 Å². The molecule has 6 heteroatoms. The molecular formula is C15H23BrN2O3. The summed E-state index contributed by atoms with van der Waals surface area (Å²) in [7, 11) is 1.60. The molecule has 1 amide bonds. The topological polar surface area (TPSA) is 59.6 Å². The molecular weight excluding hydrogens is 336 g/mol. The largest absolute Gasteiger partial charge is 0.481 e. The molecule has 0 heterocycles. The molecule has 0 aliphatic rings. The highest BCUT2D eigenvalue weighted by molar-refractivity contribution is 9.10. The molecule has 1 aromatic rings. The molecule has 21 heavy (non-hydrogen) atoms. The number of hydrogen-bond donors (Lipinski definition) is 2. The minimum absolute atomic E-state index is 0.149. The summed E-state index contributed by atoms with van der Waals surface area (Å²) in [6.07, 6.45) is -0.552. The van der Waals surface area contributed by atoms with Gasteiger partial charge in [-0.05, 0) is 31.7 Å². The first-order chi connectivity index (χ1) is 10.1. The lowest BCUT2D eigenvalue weighted by atomic mass is 10.2. The van der Waals surface area contributed by atoms with Gasteiger partial charge >= 0.3 is 0 Å². The fraction of sp³-hybridized carbons (Fsp3) is 0.533. The van der Waals surface area contributed by atoms with Gasteiger partial charge in [-0.1, -0.05) is 22.9 Å². The zero-order chi connectivity index (χ0) is 15.7. The summed E-state index contributed by atoms with van der Waals surface area (Å²) in [5, 5.41) is 6.02. The predicted octanol–water partition coefficient (Wildman–Crippen LogP) is 2.09. The maximum atomic E-state index is 11.9. The minimum atomic E-state index is -0.552. The van der Waals surface area contributed by atoms with Crippen LogP contribution in [0.1, 0.15) is 19.4 Å². The van der Waals surface area contributed by atoms with Gasteiger partial charge in [0.2, 0.25) is 0 Å². The van der Waals surface area contributed by atoms with Crippen LogP contribution in [0.2, 0.25) is 0 Å². The third kappa shape index (κ3) is 6.46. The summed E-state index contributed by atoms with van der Waals surface area (Å²) in [6, 6.07) is 5.77. The van der Waals surface area contributed by atoms with Crippen LogP contribution < -0.4 is 15.4 Å². The Hall–Kier alpha value is -1.11. The van der Waals surface area contributed by atoms with E-state index < -0.39 is 6.10 Å². The number of halogens is 1. The number of rotatable bonds is 9. The Morgan fingerprint density at radius 2 is 2.19 bits per heavy atom. The molecule has 1 atom stereocenters. The molecule has 0 fully saturated rings. The van der Waals surface area contributed by atoms with Crippen LogP contribution in [0.5, 0.6) is 5.75 Å². The highest BCUT2D eigenvalue weighted by Gasteiger charge is 2.16. The average Bonchev–Trinajstić information content (AvgIpc) is 2.47. The summed E-state index contributed by atoms with van der Waals surface area (Å²) in [4.78, 5) is 11.9. The number of hydrogen-bond acceptors (Lipinski definition) is 4. The van der Waals surface area contributed by atoms with Gasteiger partial charge in [-0.25, -0.2) is 0 Å². The highest BCUT2D eigenvalue weighted by atomic mass is 79.9. The fourth-order valence-electron chi connectivity index (χ4n) is 1.72. The second kappa shape index (κ2) is 9.76. The molecule has 1 unspecified atom stereocenters. The number of carbonyl (C=O) groups is 1. The van der Waals surface area contributed by atoms with Crippen molar-refractivity contribution in [1.82, 2.24) is 10.6 Å². The molecule has 0 saturated carbocycles. The average molecular weight is 359 g/mol. The van der Waals surface area contributed by atoms with Crippen LogP contribution in [-0.2, 0) is 16.1 Å². The summed E-state index contributed by atoms with van der Waals surface area (Å²) >= 11 is 3.45. The van der Waals surface area contributed by atoms with Crippen LogP contribution >= 0.6 is 15.9 Å². The Morgan fingerprint density at radius 1 is 1.43 bits per heavy atom. The van der Waals surface area contributed by atoms with E-state index >= 15 is 0 Å². The van der Waals surface area contributed by atoms with Crippen molar-refractivity contribution in [2.75, 3.05) is 26.8 Å². The molecule has 0 aliphatic heterocycles. The monoisotopic (exact) mass is 358 g/mol. The van der Waals surface area contributed by atoms with Crippen molar-refractivity contribution in [2.24, 2.45) is 0 Å². The van der Waals surface area contributed by atoms with Crippen LogP contribution in [0.3, 0.4) is 0 Å². The summed E-state index contributed by atoms with van der Waals surface area (Å²) < 4.78 is 11.7. The van der Waals surface area contributed by atoms with Gasteiger partial charge in [-0.3, -0.25) is 4.79 Å². The number of carbonyl (C=O) groups excluding carboxylic acids is 1. The third-order valence-electron chi connectivity index (χ3n) is 2.87. The Bertz CT molecular complexity index is 455. The Balaban J connectivity index is 2.65. The number of amides is 1. The number of methoxy groups -OCH3 is 1. The zero-order valence-electron chi connectivity index (χ0n) is 12.7. The van der Waals surface area contributed by atoms with Crippen molar-refractivity contribution in [2.45, 2.75) is 26.5 Å². The van der Waals surface area contributed by atoms with E-state index in [4.69, 9.17) is 9.47 Å². The molecule has 0 aliphatic carbocycles. The first kappa shape index (κ1) is 17.9. The molecule has 0 spiro atoms. The van der Waals surface area contributed by atoms with E-state index in [2.05, 4.69) is 26.6 Å². The summed E-state index contributed by atoms with van der Waals surface area (Å²) in [5.41, 5.74) is 1.02. The SMILES string of the molecule is CCNCc1cc(Br)ccc1OC(C)C(=O)NCCOC. The minimum Gasteiger partial charge on any atom is -0.481 e. The maximum absolute atomic E-state index is 11.9. The van der Waals surface area contributed by atoms with E-state index in [0.29, 0.717) is 25.4 Å². The molecule has 1 aromatic carbocycles. The van der Waals surface area contributed by atoms with E-state index in [-0.39, 0.29) is 5.91 Å². The third-order valence-corrected chi connectivity index (χ3v) is 3.36. The van der Waals surface area contributed by atoms with Crippen molar-refractivity contribution >= 4 is 21.8 Å². The highest BCUT2D eigenvalue weighted by Crippen LogP contribution is 2.24. The molecule has 2 N–H and O–H groups in total. The lowest BCUT2D eigenvalue weighted by Gasteiger charge is -2.17. The van der Waals surface area contributed by atoms with E-state index in [0.717, 1.165) is 16.6 Å². The number of ether oxygens (including phenoxy) is 2. The second-order valence-corrected chi connectivity index (χ2v) is 5.49. The molecule has 118 valence electrons. The van der Waals surface area contributed by atoms with Crippen LogP contribution in [0, 0.1) is 0 Å². The Labute approximate surface area is 134 Å². The maximum Gasteiger partial charge on any atom is 0.260 e. The van der Waals surface area contributed by atoms with Crippen molar-refractivity contribution in [3.05, 3.63) is 28.2 Å². The molecule has 0 bridgehead atoms. The van der Waals surface area contributed by atoms with Gasteiger partial charge in [0.05, 0.1) is 6.61 Å². The van der Waals surface area contributed by atoms with Crippen LogP contribution in [-0.4, -0.2) is 38.8 Å². The summed E-state index contributed by atoms with van der Waals surface area (Å²) in [6.45, 7) is 6.32. The van der Waals surface area contributed by atoms with Gasteiger partial charge in [-0.15, -0.1) is 0 Å². The quantitative estimate of drug-likeness (QED) is 0.663. The second-order valence-electron chi connectivity index (χ2n) is 4.58. The lowest BCUT2D eigenvalue weighted by molar-refractivity contribution is -0.127. The van der Waals surface area contributed by atoms with Crippen molar-refractivity contribution in [1.29, 1.82) is 0 Å². The van der Waals surface area contributed by atoms with E-state index in [1.807, 2.05) is 25.1 Å². The first-order valence-electron chi connectivity index (χ1n) is 7.01. The number of benzene rings is 1. The first-order valence-corrected chi connectivity index (χ1v) is 7.80. The Morgan fingerprint density at radius 3 is 2.86 bits per heavy atom. The number of nitrogens with one attached hydrogen (secondary N) is 2. The Kier molecular flexibility index (Phi) is 8.34.